The van der Waals surface area contributed by atoms with Gasteiger partial charge in [-0.15, -0.1) is 0 Å². The van der Waals surface area contributed by atoms with Crippen molar-refractivity contribution in [2.24, 2.45) is 0 Å². The van der Waals surface area contributed by atoms with Crippen LogP contribution in [0.1, 0.15) is 54.1 Å². The first kappa shape index (κ1) is 20.3. The number of fused-ring (bicyclic) bond motifs is 1. The maximum Gasteiger partial charge on any atom is 0.335 e. The average molecular weight is 429 g/mol. The van der Waals surface area contributed by atoms with E-state index in [9.17, 15) is 19.4 Å². The number of phenols is 1. The molecule has 2 N–H and O–H groups in total. The van der Waals surface area contributed by atoms with E-state index in [1.807, 2.05) is 24.3 Å². The Balaban J connectivity index is 1.85. The van der Waals surface area contributed by atoms with Crippen molar-refractivity contribution in [2.75, 3.05) is 0 Å². The summed E-state index contributed by atoms with van der Waals surface area (Å²) in [4.78, 5) is 11.4. The van der Waals surface area contributed by atoms with E-state index in [-0.39, 0.29) is 23.0 Å². The SMILES string of the molecule is O=C(O)c1ccc(-c2c(C3CCCCC3)n(-c3ccc(F)cc3)c3cccc(O)c23)cc1. The average Bonchev–Trinajstić information content (AvgIpc) is 3.17. The number of aromatic nitrogens is 1. The van der Waals surface area contributed by atoms with Crippen LogP contribution in [0.2, 0.25) is 0 Å². The minimum atomic E-state index is -0.972. The van der Waals surface area contributed by atoms with Crippen LogP contribution in [0, 0.1) is 5.82 Å². The molecule has 3 aromatic carbocycles. The molecule has 1 saturated carbocycles. The highest BCUT2D eigenvalue weighted by molar-refractivity contribution is 6.03. The Morgan fingerprint density at radius 3 is 2.25 bits per heavy atom. The Morgan fingerprint density at radius 2 is 1.59 bits per heavy atom. The zero-order chi connectivity index (χ0) is 22.2. The molecule has 5 heteroatoms. The van der Waals surface area contributed by atoms with Crippen LogP contribution in [0.15, 0.2) is 66.7 Å². The molecular weight excluding hydrogens is 405 g/mol. The van der Waals surface area contributed by atoms with E-state index >= 15 is 0 Å². The van der Waals surface area contributed by atoms with E-state index in [0.29, 0.717) is 0 Å². The quantitative estimate of drug-likeness (QED) is 0.371. The second kappa shape index (κ2) is 8.15. The Bertz CT molecular complexity index is 1280. The molecule has 0 saturated heterocycles. The molecule has 1 aromatic heterocycles. The molecule has 1 fully saturated rings. The molecule has 162 valence electrons. The zero-order valence-corrected chi connectivity index (χ0v) is 17.6. The van der Waals surface area contributed by atoms with Crippen molar-refractivity contribution in [1.29, 1.82) is 0 Å². The standard InChI is InChI=1S/C27H24FNO3/c28-20-13-15-21(16-14-20)29-22-7-4-8-23(30)25(22)24(26(29)18-5-2-1-3-6-18)17-9-11-19(12-10-17)27(31)32/h4,7-16,18,30H,1-3,5-6H2,(H,31,32). The van der Waals surface area contributed by atoms with Crippen molar-refractivity contribution in [1.82, 2.24) is 4.57 Å². The van der Waals surface area contributed by atoms with Gasteiger partial charge in [0.2, 0.25) is 0 Å². The summed E-state index contributed by atoms with van der Waals surface area (Å²) in [6.45, 7) is 0. The lowest BCUT2D eigenvalue weighted by atomic mass is 9.83. The molecular formula is C27H24FNO3. The molecule has 0 unspecified atom stereocenters. The van der Waals surface area contributed by atoms with E-state index in [1.165, 1.54) is 18.6 Å². The number of phenolic OH excluding ortho intramolecular Hbond substituents is 1. The second-order valence-corrected chi connectivity index (χ2v) is 8.46. The lowest BCUT2D eigenvalue weighted by molar-refractivity contribution is 0.0697. The third-order valence-electron chi connectivity index (χ3n) is 6.51. The molecule has 4 aromatic rings. The van der Waals surface area contributed by atoms with Crippen LogP contribution in [0.4, 0.5) is 4.39 Å². The van der Waals surface area contributed by atoms with Crippen molar-refractivity contribution >= 4 is 16.9 Å². The first-order valence-corrected chi connectivity index (χ1v) is 11.0. The second-order valence-electron chi connectivity index (χ2n) is 8.46. The third-order valence-corrected chi connectivity index (χ3v) is 6.51. The van der Waals surface area contributed by atoms with Gasteiger partial charge in [0, 0.05) is 28.2 Å². The Hall–Kier alpha value is -3.60. The normalized spacial score (nSPS) is 14.7. The number of rotatable bonds is 4. The Labute approximate surface area is 185 Å². The van der Waals surface area contributed by atoms with Gasteiger partial charge in [-0.1, -0.05) is 37.5 Å². The summed E-state index contributed by atoms with van der Waals surface area (Å²) in [6, 6.07) is 18.7. The van der Waals surface area contributed by atoms with E-state index in [0.717, 1.165) is 59.1 Å². The van der Waals surface area contributed by atoms with Gasteiger partial charge < -0.3 is 14.8 Å². The van der Waals surface area contributed by atoms with Crippen molar-refractivity contribution in [3.63, 3.8) is 0 Å². The first-order valence-electron chi connectivity index (χ1n) is 11.0. The number of nitrogens with zero attached hydrogens (tertiary/aromatic N) is 1. The summed E-state index contributed by atoms with van der Waals surface area (Å²) in [5.74, 6) is -0.801. The number of benzene rings is 3. The molecule has 4 nitrogen and oxygen atoms in total. The molecule has 0 amide bonds. The van der Waals surface area contributed by atoms with E-state index in [1.54, 1.807) is 30.3 Å². The van der Waals surface area contributed by atoms with Crippen LogP contribution < -0.4 is 0 Å². The maximum atomic E-state index is 13.7. The summed E-state index contributed by atoms with van der Waals surface area (Å²) < 4.78 is 15.9. The molecule has 0 radical (unpaired) electrons. The van der Waals surface area contributed by atoms with Crippen molar-refractivity contribution in [2.45, 2.75) is 38.0 Å². The minimum Gasteiger partial charge on any atom is -0.507 e. The summed E-state index contributed by atoms with van der Waals surface area (Å²) >= 11 is 0. The van der Waals surface area contributed by atoms with Gasteiger partial charge in [0.1, 0.15) is 11.6 Å². The highest BCUT2D eigenvalue weighted by Gasteiger charge is 2.28. The number of carboxylic acids is 1. The van der Waals surface area contributed by atoms with Gasteiger partial charge in [-0.2, -0.15) is 0 Å². The number of aromatic carboxylic acids is 1. The largest absolute Gasteiger partial charge is 0.507 e. The van der Waals surface area contributed by atoms with Gasteiger partial charge in [-0.05, 0) is 66.9 Å². The maximum absolute atomic E-state index is 13.7. The van der Waals surface area contributed by atoms with Gasteiger partial charge in [-0.25, -0.2) is 9.18 Å². The molecule has 1 aliphatic rings. The number of carbonyl (C=O) groups is 1. The zero-order valence-electron chi connectivity index (χ0n) is 17.6. The molecule has 1 heterocycles. The molecule has 0 atom stereocenters. The van der Waals surface area contributed by atoms with Crippen molar-refractivity contribution < 1.29 is 19.4 Å². The molecule has 32 heavy (non-hydrogen) atoms. The van der Waals surface area contributed by atoms with Crippen LogP contribution in [-0.4, -0.2) is 20.7 Å². The number of hydrogen-bond donors (Lipinski definition) is 2. The topological polar surface area (TPSA) is 62.5 Å². The van der Waals surface area contributed by atoms with E-state index in [2.05, 4.69) is 4.57 Å². The lowest BCUT2D eigenvalue weighted by Crippen LogP contribution is -2.11. The van der Waals surface area contributed by atoms with E-state index in [4.69, 9.17) is 0 Å². The summed E-state index contributed by atoms with van der Waals surface area (Å²) in [7, 11) is 0. The van der Waals surface area contributed by atoms with Crippen LogP contribution in [0.25, 0.3) is 27.7 Å². The Morgan fingerprint density at radius 1 is 0.906 bits per heavy atom. The molecule has 0 spiro atoms. The monoisotopic (exact) mass is 429 g/mol. The van der Waals surface area contributed by atoms with Crippen LogP contribution in [-0.2, 0) is 0 Å². The van der Waals surface area contributed by atoms with Gasteiger partial charge in [0.05, 0.1) is 11.1 Å². The smallest absolute Gasteiger partial charge is 0.335 e. The fourth-order valence-electron chi connectivity index (χ4n) is 5.04. The van der Waals surface area contributed by atoms with Crippen molar-refractivity contribution in [3.8, 4) is 22.6 Å². The first-order chi connectivity index (χ1) is 15.5. The van der Waals surface area contributed by atoms with E-state index < -0.39 is 5.97 Å². The fourth-order valence-corrected chi connectivity index (χ4v) is 5.04. The highest BCUT2D eigenvalue weighted by Crippen LogP contribution is 2.47. The van der Waals surface area contributed by atoms with Crippen molar-refractivity contribution in [3.05, 3.63) is 83.8 Å². The number of halogens is 1. The number of aromatic hydroxyl groups is 1. The number of hydrogen-bond acceptors (Lipinski definition) is 2. The van der Waals surface area contributed by atoms with Crippen LogP contribution >= 0.6 is 0 Å². The predicted octanol–water partition coefficient (Wildman–Crippen LogP) is 6.89. The number of carboxylic acid groups (broad SMARTS) is 1. The van der Waals surface area contributed by atoms with Gasteiger partial charge in [0.15, 0.2) is 0 Å². The molecule has 0 aliphatic heterocycles. The highest BCUT2D eigenvalue weighted by atomic mass is 19.1. The van der Waals surface area contributed by atoms with Crippen LogP contribution in [0.3, 0.4) is 0 Å². The lowest BCUT2D eigenvalue weighted by Gasteiger charge is -2.25. The molecule has 1 aliphatic carbocycles. The van der Waals surface area contributed by atoms with Gasteiger partial charge >= 0.3 is 5.97 Å². The molecule has 0 bridgehead atoms. The third kappa shape index (κ3) is 3.44. The summed E-state index contributed by atoms with van der Waals surface area (Å²) in [5.41, 5.74) is 4.80. The predicted molar refractivity (Wildman–Crippen MR) is 123 cm³/mol. The van der Waals surface area contributed by atoms with Gasteiger partial charge in [-0.3, -0.25) is 0 Å². The summed E-state index contributed by atoms with van der Waals surface area (Å²) in [5, 5.41) is 21.0. The molecule has 5 rings (SSSR count). The fraction of sp³-hybridized carbons (Fsp3) is 0.222. The van der Waals surface area contributed by atoms with Gasteiger partial charge in [0.25, 0.3) is 0 Å². The van der Waals surface area contributed by atoms with Crippen LogP contribution in [0.5, 0.6) is 5.75 Å². The minimum absolute atomic E-state index is 0.178. The summed E-state index contributed by atoms with van der Waals surface area (Å²) in [6.07, 6.45) is 5.57. The Kier molecular flexibility index (Phi) is 5.17.